The number of H-pyrrole nitrogens is 1. The fourth-order valence-corrected chi connectivity index (χ4v) is 1.71. The maximum atomic E-state index is 10.5. The summed E-state index contributed by atoms with van der Waals surface area (Å²) < 4.78 is 0. The number of aliphatic carboxylic acids is 1. The van der Waals surface area contributed by atoms with E-state index in [2.05, 4.69) is 24.0 Å². The standard InChI is InChI=1S/C12H13NO2/c1-2-8-3-4-9-6-10(7-12(14)15)13-11(9)5-8/h3-6,13H,2,7H2,1H3,(H,14,15). The van der Waals surface area contributed by atoms with Gasteiger partial charge in [-0.25, -0.2) is 0 Å². The van der Waals surface area contributed by atoms with Gasteiger partial charge >= 0.3 is 5.97 Å². The van der Waals surface area contributed by atoms with Gasteiger partial charge in [-0.2, -0.15) is 0 Å². The van der Waals surface area contributed by atoms with Crippen LogP contribution in [-0.2, 0) is 17.6 Å². The van der Waals surface area contributed by atoms with Gasteiger partial charge in [0, 0.05) is 11.2 Å². The van der Waals surface area contributed by atoms with Gasteiger partial charge in [0.15, 0.2) is 0 Å². The van der Waals surface area contributed by atoms with Crippen LogP contribution in [0.25, 0.3) is 10.9 Å². The van der Waals surface area contributed by atoms with Crippen LogP contribution in [0.4, 0.5) is 0 Å². The highest BCUT2D eigenvalue weighted by Crippen LogP contribution is 2.17. The smallest absolute Gasteiger partial charge is 0.309 e. The quantitative estimate of drug-likeness (QED) is 0.804. The molecular weight excluding hydrogens is 190 g/mol. The average molecular weight is 203 g/mol. The summed E-state index contributed by atoms with van der Waals surface area (Å²) in [6.07, 6.45) is 1.04. The monoisotopic (exact) mass is 203 g/mol. The Morgan fingerprint density at radius 3 is 2.87 bits per heavy atom. The molecule has 78 valence electrons. The zero-order chi connectivity index (χ0) is 10.8. The molecule has 0 atom stereocenters. The number of nitrogens with one attached hydrogen (secondary N) is 1. The number of aromatic nitrogens is 1. The van der Waals surface area contributed by atoms with Gasteiger partial charge in [-0.05, 0) is 29.5 Å². The molecule has 1 aromatic carbocycles. The third-order valence-corrected chi connectivity index (χ3v) is 2.49. The molecule has 0 aliphatic rings. The maximum Gasteiger partial charge on any atom is 0.309 e. The summed E-state index contributed by atoms with van der Waals surface area (Å²) in [6.45, 7) is 2.10. The first-order valence-electron chi connectivity index (χ1n) is 5.01. The van der Waals surface area contributed by atoms with E-state index in [0.717, 1.165) is 23.0 Å². The third-order valence-electron chi connectivity index (χ3n) is 2.49. The Hall–Kier alpha value is -1.77. The van der Waals surface area contributed by atoms with Crippen molar-refractivity contribution >= 4 is 16.9 Å². The molecule has 1 aromatic heterocycles. The Bertz CT molecular complexity index is 499. The minimum atomic E-state index is -0.808. The normalized spacial score (nSPS) is 10.7. The number of carbonyl (C=O) groups is 1. The predicted molar refractivity (Wildman–Crippen MR) is 59.0 cm³/mol. The number of aromatic amines is 1. The molecule has 0 aliphatic heterocycles. The lowest BCUT2D eigenvalue weighted by atomic mass is 10.1. The van der Waals surface area contributed by atoms with Crippen molar-refractivity contribution in [2.45, 2.75) is 19.8 Å². The van der Waals surface area contributed by atoms with Gasteiger partial charge in [0.2, 0.25) is 0 Å². The van der Waals surface area contributed by atoms with Crippen molar-refractivity contribution in [3.8, 4) is 0 Å². The van der Waals surface area contributed by atoms with E-state index >= 15 is 0 Å². The number of aryl methyl sites for hydroxylation is 1. The van der Waals surface area contributed by atoms with Crippen LogP contribution < -0.4 is 0 Å². The Morgan fingerprint density at radius 1 is 1.40 bits per heavy atom. The fourth-order valence-electron chi connectivity index (χ4n) is 1.71. The van der Waals surface area contributed by atoms with Gasteiger partial charge in [0.05, 0.1) is 6.42 Å². The number of hydrogen-bond acceptors (Lipinski definition) is 1. The summed E-state index contributed by atoms with van der Waals surface area (Å²) in [4.78, 5) is 13.7. The van der Waals surface area contributed by atoms with Crippen molar-refractivity contribution in [3.05, 3.63) is 35.5 Å². The molecule has 0 fully saturated rings. The molecule has 0 aliphatic carbocycles. The Kier molecular flexibility index (Phi) is 2.46. The average Bonchev–Trinajstić information content (AvgIpc) is 2.57. The second-order valence-corrected chi connectivity index (χ2v) is 3.64. The van der Waals surface area contributed by atoms with Crippen LogP contribution in [0, 0.1) is 0 Å². The van der Waals surface area contributed by atoms with Gasteiger partial charge in [-0.3, -0.25) is 4.79 Å². The Morgan fingerprint density at radius 2 is 2.20 bits per heavy atom. The predicted octanol–water partition coefficient (Wildman–Crippen LogP) is 2.36. The van der Waals surface area contributed by atoms with Crippen LogP contribution in [0.1, 0.15) is 18.2 Å². The molecule has 0 spiro atoms. The first kappa shape index (κ1) is 9.77. The third kappa shape index (κ3) is 2.01. The molecule has 0 unspecified atom stereocenters. The zero-order valence-electron chi connectivity index (χ0n) is 8.58. The molecule has 2 rings (SSSR count). The number of benzene rings is 1. The Labute approximate surface area is 87.7 Å². The first-order chi connectivity index (χ1) is 7.19. The van der Waals surface area contributed by atoms with E-state index in [-0.39, 0.29) is 6.42 Å². The van der Waals surface area contributed by atoms with E-state index < -0.39 is 5.97 Å². The number of rotatable bonds is 3. The molecule has 3 nitrogen and oxygen atoms in total. The molecule has 2 N–H and O–H groups in total. The van der Waals surface area contributed by atoms with Crippen molar-refractivity contribution in [3.63, 3.8) is 0 Å². The van der Waals surface area contributed by atoms with Gasteiger partial charge in [0.1, 0.15) is 0 Å². The summed E-state index contributed by atoms with van der Waals surface area (Å²) in [7, 11) is 0. The van der Waals surface area contributed by atoms with E-state index in [9.17, 15) is 4.79 Å². The summed E-state index contributed by atoms with van der Waals surface area (Å²) in [5.74, 6) is -0.808. The van der Waals surface area contributed by atoms with Crippen LogP contribution in [0.5, 0.6) is 0 Å². The van der Waals surface area contributed by atoms with Crippen molar-refractivity contribution < 1.29 is 9.90 Å². The van der Waals surface area contributed by atoms with E-state index in [4.69, 9.17) is 5.11 Å². The molecule has 0 bridgehead atoms. The second kappa shape index (κ2) is 3.77. The van der Waals surface area contributed by atoms with Crippen LogP contribution in [0.2, 0.25) is 0 Å². The summed E-state index contributed by atoms with van der Waals surface area (Å²) in [5, 5.41) is 9.75. The molecule has 0 saturated heterocycles. The zero-order valence-corrected chi connectivity index (χ0v) is 8.58. The van der Waals surface area contributed by atoms with Crippen LogP contribution in [0.3, 0.4) is 0 Å². The molecule has 1 heterocycles. The topological polar surface area (TPSA) is 53.1 Å². The summed E-state index contributed by atoms with van der Waals surface area (Å²) in [6, 6.07) is 8.06. The maximum absolute atomic E-state index is 10.5. The number of hydrogen-bond donors (Lipinski definition) is 2. The number of carboxylic acid groups (broad SMARTS) is 1. The molecule has 0 radical (unpaired) electrons. The van der Waals surface area contributed by atoms with E-state index in [1.807, 2.05) is 12.1 Å². The molecule has 0 amide bonds. The lowest BCUT2D eigenvalue weighted by Crippen LogP contribution is -1.99. The van der Waals surface area contributed by atoms with Crippen molar-refractivity contribution in [1.29, 1.82) is 0 Å². The lowest BCUT2D eigenvalue weighted by Gasteiger charge is -1.95. The van der Waals surface area contributed by atoms with Crippen LogP contribution >= 0.6 is 0 Å². The van der Waals surface area contributed by atoms with Gasteiger partial charge in [-0.15, -0.1) is 0 Å². The van der Waals surface area contributed by atoms with Gasteiger partial charge < -0.3 is 10.1 Å². The minimum absolute atomic E-state index is 0.0517. The molecule has 2 aromatic rings. The highest BCUT2D eigenvalue weighted by atomic mass is 16.4. The molecule has 3 heteroatoms. The fraction of sp³-hybridized carbons (Fsp3) is 0.250. The highest BCUT2D eigenvalue weighted by molar-refractivity contribution is 5.82. The molecule has 0 saturated carbocycles. The van der Waals surface area contributed by atoms with Crippen LogP contribution in [0.15, 0.2) is 24.3 Å². The van der Waals surface area contributed by atoms with E-state index in [1.54, 1.807) is 0 Å². The second-order valence-electron chi connectivity index (χ2n) is 3.64. The van der Waals surface area contributed by atoms with Gasteiger partial charge in [-0.1, -0.05) is 19.1 Å². The van der Waals surface area contributed by atoms with Crippen LogP contribution in [-0.4, -0.2) is 16.1 Å². The molecule has 15 heavy (non-hydrogen) atoms. The van der Waals surface area contributed by atoms with E-state index in [1.165, 1.54) is 5.56 Å². The van der Waals surface area contributed by atoms with E-state index in [0.29, 0.717) is 0 Å². The lowest BCUT2D eigenvalue weighted by molar-refractivity contribution is -0.136. The molecular formula is C12H13NO2. The SMILES string of the molecule is CCc1ccc2cc(CC(=O)O)[nH]c2c1. The van der Waals surface area contributed by atoms with Crippen molar-refractivity contribution in [1.82, 2.24) is 4.98 Å². The minimum Gasteiger partial charge on any atom is -0.481 e. The number of fused-ring (bicyclic) bond motifs is 1. The Balaban J connectivity index is 2.42. The van der Waals surface area contributed by atoms with Gasteiger partial charge in [0.25, 0.3) is 0 Å². The largest absolute Gasteiger partial charge is 0.481 e. The number of carboxylic acids is 1. The van der Waals surface area contributed by atoms with Crippen molar-refractivity contribution in [2.75, 3.05) is 0 Å². The highest BCUT2D eigenvalue weighted by Gasteiger charge is 2.04. The van der Waals surface area contributed by atoms with Crippen molar-refractivity contribution in [2.24, 2.45) is 0 Å². The summed E-state index contributed by atoms with van der Waals surface area (Å²) in [5.41, 5.74) is 3.03. The summed E-state index contributed by atoms with van der Waals surface area (Å²) >= 11 is 0. The first-order valence-corrected chi connectivity index (χ1v) is 5.01.